The zero-order valence-corrected chi connectivity index (χ0v) is 20.0. The number of halogens is 4. The van der Waals surface area contributed by atoms with Crippen molar-refractivity contribution in [2.24, 2.45) is 7.05 Å². The number of carbonyl (C=O) groups is 1. The largest absolute Gasteiger partial charge is 0.431 e. The van der Waals surface area contributed by atoms with Crippen molar-refractivity contribution in [1.82, 2.24) is 18.2 Å². The molecule has 1 heterocycles. The Morgan fingerprint density at radius 1 is 1.15 bits per heavy atom. The van der Waals surface area contributed by atoms with Crippen LogP contribution in [-0.4, -0.2) is 36.6 Å². The number of alkyl halides is 3. The molecule has 13 heteroatoms. The Kier molecular flexibility index (Phi) is 9.31. The first-order chi connectivity index (χ1) is 15.2. The number of nitrogens with one attached hydrogen (secondary N) is 1. The lowest BCUT2D eigenvalue weighted by atomic mass is 10.1. The molecule has 8 nitrogen and oxygen atoms in total. The van der Waals surface area contributed by atoms with Crippen molar-refractivity contribution in [3.63, 3.8) is 0 Å². The van der Waals surface area contributed by atoms with Gasteiger partial charge in [-0.05, 0) is 38.5 Å². The first-order valence-electron chi connectivity index (χ1n) is 9.83. The number of rotatable bonds is 5. The molecule has 2 rings (SSSR count). The van der Waals surface area contributed by atoms with E-state index in [1.54, 1.807) is 13.8 Å². The number of benzene rings is 1. The van der Waals surface area contributed by atoms with Gasteiger partial charge in [-0.3, -0.25) is 18.9 Å². The lowest BCUT2D eigenvalue weighted by molar-refractivity contribution is -0.144. The van der Waals surface area contributed by atoms with Crippen LogP contribution in [0.4, 0.5) is 17.6 Å². The van der Waals surface area contributed by atoms with Crippen LogP contribution in [0, 0.1) is 12.7 Å². The average molecular weight is 495 g/mol. The molecule has 0 aliphatic carbocycles. The maximum atomic E-state index is 14.6. The van der Waals surface area contributed by atoms with Crippen molar-refractivity contribution < 1.29 is 26.6 Å². The third-order valence-electron chi connectivity index (χ3n) is 4.56. The molecule has 1 amide bonds. The predicted molar refractivity (Wildman–Crippen MR) is 117 cm³/mol. The quantitative estimate of drug-likeness (QED) is 0.647. The number of carbonyl (C=O) groups excluding carboxylic acids is 1. The summed E-state index contributed by atoms with van der Waals surface area (Å²) in [6.07, 6.45) is -4.98. The summed E-state index contributed by atoms with van der Waals surface area (Å²) < 4.78 is 69.7. The van der Waals surface area contributed by atoms with Crippen LogP contribution in [0.1, 0.15) is 49.3 Å². The summed E-state index contributed by atoms with van der Waals surface area (Å²) in [7, 11) is 2.28. The average Bonchev–Trinajstić information content (AvgIpc) is 2.71. The summed E-state index contributed by atoms with van der Waals surface area (Å²) in [6.45, 7) is 8.83. The van der Waals surface area contributed by atoms with E-state index in [1.165, 1.54) is 18.3 Å². The minimum absolute atomic E-state index is 0.0970. The molecule has 1 aromatic heterocycles. The minimum atomic E-state index is -4.98. The van der Waals surface area contributed by atoms with Crippen LogP contribution >= 0.6 is 0 Å². The van der Waals surface area contributed by atoms with E-state index in [2.05, 4.69) is 4.72 Å². The van der Waals surface area contributed by atoms with Gasteiger partial charge in [0.1, 0.15) is 11.5 Å². The number of hydrogen-bond donors (Lipinski definition) is 1. The van der Waals surface area contributed by atoms with Crippen LogP contribution in [0.2, 0.25) is 0 Å². The third kappa shape index (κ3) is 6.16. The van der Waals surface area contributed by atoms with E-state index >= 15 is 0 Å². The zero-order chi connectivity index (χ0) is 25.8. The fraction of sp³-hybridized carbons (Fsp3) is 0.450. The van der Waals surface area contributed by atoms with Crippen molar-refractivity contribution in [3.05, 3.63) is 61.7 Å². The van der Waals surface area contributed by atoms with E-state index in [0.717, 1.165) is 19.2 Å². The van der Waals surface area contributed by atoms with Gasteiger partial charge in [0.25, 0.3) is 11.5 Å². The fourth-order valence-electron chi connectivity index (χ4n) is 2.59. The summed E-state index contributed by atoms with van der Waals surface area (Å²) in [6, 6.07) is 1.68. The van der Waals surface area contributed by atoms with E-state index in [0.29, 0.717) is 0 Å². The second-order valence-corrected chi connectivity index (χ2v) is 8.26. The van der Waals surface area contributed by atoms with E-state index in [1.807, 2.05) is 13.8 Å². The molecule has 0 bridgehead atoms. The van der Waals surface area contributed by atoms with E-state index in [4.69, 9.17) is 0 Å². The van der Waals surface area contributed by atoms with Crippen LogP contribution < -0.4 is 16.0 Å². The van der Waals surface area contributed by atoms with E-state index in [-0.39, 0.29) is 32.4 Å². The zero-order valence-electron chi connectivity index (χ0n) is 19.2. The van der Waals surface area contributed by atoms with Gasteiger partial charge in [-0.2, -0.15) is 13.2 Å². The van der Waals surface area contributed by atoms with Crippen LogP contribution in [0.25, 0.3) is 5.69 Å². The van der Waals surface area contributed by atoms with Crippen molar-refractivity contribution >= 4 is 17.1 Å². The standard InChI is InChI=1S/C18H20F4N4O4S.C2H6/c1-9(2)25(5)31(30)23-16(28)11-7-13(12(19)6-10(11)3)26-15(27)8-14(18(20,21)22)24(4)17(26)29;1-2/h6-9H,1-5H3,(H,23,28);1-2H3. The topological polar surface area (TPSA) is 93.4 Å². The number of nitrogens with zero attached hydrogens (tertiary/aromatic N) is 3. The summed E-state index contributed by atoms with van der Waals surface area (Å²) >= 11 is -1.94. The van der Waals surface area contributed by atoms with Gasteiger partial charge < -0.3 is 0 Å². The van der Waals surface area contributed by atoms with Gasteiger partial charge in [-0.25, -0.2) is 22.3 Å². The van der Waals surface area contributed by atoms with Crippen molar-refractivity contribution in [2.75, 3.05) is 7.05 Å². The molecule has 0 radical (unpaired) electrons. The molecule has 0 aliphatic rings. The van der Waals surface area contributed by atoms with Gasteiger partial charge in [0.2, 0.25) is 0 Å². The molecule has 1 N–H and O–H groups in total. The molecule has 1 atom stereocenters. The predicted octanol–water partition coefficient (Wildman–Crippen LogP) is 2.68. The second-order valence-electron chi connectivity index (χ2n) is 6.98. The van der Waals surface area contributed by atoms with Crippen molar-refractivity contribution in [3.8, 4) is 5.69 Å². The molecule has 0 spiro atoms. The van der Waals surface area contributed by atoms with E-state index < -0.39 is 51.7 Å². The third-order valence-corrected chi connectivity index (χ3v) is 5.86. The van der Waals surface area contributed by atoms with Gasteiger partial charge in [0.15, 0.2) is 11.2 Å². The number of aromatic nitrogens is 2. The van der Waals surface area contributed by atoms with Crippen molar-refractivity contribution in [2.45, 2.75) is 46.8 Å². The van der Waals surface area contributed by atoms with Crippen LogP contribution in [0.15, 0.2) is 27.8 Å². The molecule has 1 unspecified atom stereocenters. The number of aryl methyl sites for hydroxylation is 1. The maximum absolute atomic E-state index is 14.6. The molecule has 0 saturated carbocycles. The summed E-state index contributed by atoms with van der Waals surface area (Å²) in [5.74, 6) is -1.99. The normalized spacial score (nSPS) is 12.4. The molecule has 0 aliphatic heterocycles. The van der Waals surface area contributed by atoms with E-state index in [9.17, 15) is 36.2 Å². The Labute approximate surface area is 190 Å². The lowest BCUT2D eigenvalue weighted by Crippen LogP contribution is -2.41. The van der Waals surface area contributed by atoms with Gasteiger partial charge in [0, 0.05) is 31.8 Å². The molecular formula is C20H26F4N4O4S. The lowest BCUT2D eigenvalue weighted by Gasteiger charge is -2.20. The van der Waals surface area contributed by atoms with Crippen LogP contribution in [0.5, 0.6) is 0 Å². The Balaban J connectivity index is 0.00000265. The molecular weight excluding hydrogens is 468 g/mol. The number of hydrogen-bond acceptors (Lipinski definition) is 4. The van der Waals surface area contributed by atoms with Gasteiger partial charge in [-0.1, -0.05) is 13.8 Å². The van der Waals surface area contributed by atoms with Gasteiger partial charge in [0.05, 0.1) is 5.69 Å². The smallest absolute Gasteiger partial charge is 0.292 e. The highest BCUT2D eigenvalue weighted by Gasteiger charge is 2.35. The van der Waals surface area contributed by atoms with Crippen LogP contribution in [-0.2, 0) is 24.4 Å². The highest BCUT2D eigenvalue weighted by atomic mass is 32.2. The molecule has 0 saturated heterocycles. The van der Waals surface area contributed by atoms with Crippen molar-refractivity contribution in [1.29, 1.82) is 0 Å². The molecule has 184 valence electrons. The fourth-order valence-corrected chi connectivity index (χ4v) is 3.39. The second kappa shape index (κ2) is 10.9. The highest BCUT2D eigenvalue weighted by molar-refractivity contribution is 7.81. The molecule has 33 heavy (non-hydrogen) atoms. The first-order valence-corrected chi connectivity index (χ1v) is 10.9. The maximum Gasteiger partial charge on any atom is 0.431 e. The Morgan fingerprint density at radius 3 is 2.18 bits per heavy atom. The summed E-state index contributed by atoms with van der Waals surface area (Å²) in [5, 5.41) is 0. The minimum Gasteiger partial charge on any atom is -0.292 e. The summed E-state index contributed by atoms with van der Waals surface area (Å²) in [4.78, 5) is 37.2. The van der Waals surface area contributed by atoms with Crippen LogP contribution in [0.3, 0.4) is 0 Å². The molecule has 1 aromatic carbocycles. The number of amides is 1. The molecule has 0 fully saturated rings. The highest BCUT2D eigenvalue weighted by Crippen LogP contribution is 2.27. The first kappa shape index (κ1) is 28.2. The van der Waals surface area contributed by atoms with Gasteiger partial charge in [-0.15, -0.1) is 0 Å². The van der Waals surface area contributed by atoms with Gasteiger partial charge >= 0.3 is 11.9 Å². The SMILES string of the molecule is CC.Cc1cc(F)c(-n2c(=O)cc(C(F)(F)F)n(C)c2=O)cc1C(=O)NS(=O)N(C)C(C)C. The monoisotopic (exact) mass is 494 g/mol. The Morgan fingerprint density at radius 2 is 1.70 bits per heavy atom. The Hall–Kier alpha value is -2.80. The molecule has 2 aromatic rings. The summed E-state index contributed by atoms with van der Waals surface area (Å²) in [5.41, 5.74) is -5.20. The Bertz CT molecular complexity index is 1170.